The Morgan fingerprint density at radius 2 is 1.48 bits per heavy atom. The van der Waals surface area contributed by atoms with E-state index in [2.05, 4.69) is 0 Å². The van der Waals surface area contributed by atoms with E-state index in [0.717, 1.165) is 5.56 Å². The molecule has 0 saturated heterocycles. The molecule has 0 N–H and O–H groups in total. The number of rotatable bonds is 11. The first-order valence-corrected chi connectivity index (χ1v) is 11.5. The van der Waals surface area contributed by atoms with Crippen molar-refractivity contribution >= 4 is 15.0 Å². The number of ether oxygens (including phenoxy) is 2. The van der Waals surface area contributed by atoms with E-state index in [1.165, 1.54) is 0 Å². The standard InChI is InChI=1S/C20H34O6Si/c1-7-22-27(23-8-2,24-9-3)16-18(15-17-13-11-10-12-14-17)25-19(21)26-20(4,5)6/h10-14,18H,7-9,15-16H2,1-6H3. The fourth-order valence-corrected chi connectivity index (χ4v) is 5.39. The molecule has 1 aromatic rings. The third-order valence-corrected chi connectivity index (χ3v) is 6.67. The summed E-state index contributed by atoms with van der Waals surface area (Å²) in [6, 6.07) is 10.2. The molecule has 0 aliphatic heterocycles. The van der Waals surface area contributed by atoms with E-state index in [1.807, 2.05) is 51.1 Å². The minimum Gasteiger partial charge on any atom is -0.431 e. The van der Waals surface area contributed by atoms with Gasteiger partial charge in [0.25, 0.3) is 0 Å². The third-order valence-electron chi connectivity index (χ3n) is 3.53. The summed E-state index contributed by atoms with van der Waals surface area (Å²) in [6.07, 6.45) is -0.642. The van der Waals surface area contributed by atoms with Crippen LogP contribution in [0.25, 0.3) is 0 Å². The molecule has 7 heteroatoms. The van der Waals surface area contributed by atoms with Gasteiger partial charge in [0.05, 0.1) is 6.04 Å². The molecule has 1 atom stereocenters. The number of benzene rings is 1. The molecule has 0 fully saturated rings. The fraction of sp³-hybridized carbons (Fsp3) is 0.650. The molecule has 0 bridgehead atoms. The lowest BCUT2D eigenvalue weighted by molar-refractivity contribution is -0.0280. The van der Waals surface area contributed by atoms with Crippen molar-refractivity contribution in [3.8, 4) is 0 Å². The van der Waals surface area contributed by atoms with Gasteiger partial charge in [0.2, 0.25) is 0 Å². The van der Waals surface area contributed by atoms with Crippen molar-refractivity contribution in [3.05, 3.63) is 35.9 Å². The minimum absolute atomic E-state index is 0.372. The van der Waals surface area contributed by atoms with Crippen molar-refractivity contribution in [3.63, 3.8) is 0 Å². The highest BCUT2D eigenvalue weighted by atomic mass is 28.4. The van der Waals surface area contributed by atoms with Gasteiger partial charge < -0.3 is 22.8 Å². The number of carbonyl (C=O) groups excluding carboxylic acids is 1. The fourth-order valence-electron chi connectivity index (χ4n) is 2.68. The Balaban J connectivity index is 3.00. The third kappa shape index (κ3) is 9.37. The van der Waals surface area contributed by atoms with Crippen LogP contribution >= 0.6 is 0 Å². The first-order valence-electron chi connectivity index (χ1n) is 9.59. The van der Waals surface area contributed by atoms with Gasteiger partial charge in [0, 0.05) is 26.2 Å². The van der Waals surface area contributed by atoms with Crippen molar-refractivity contribution in [2.75, 3.05) is 19.8 Å². The van der Waals surface area contributed by atoms with Crippen LogP contribution in [-0.2, 0) is 29.2 Å². The summed E-state index contributed by atoms with van der Waals surface area (Å²) in [5.41, 5.74) is 0.432. The van der Waals surface area contributed by atoms with E-state index in [1.54, 1.807) is 20.8 Å². The normalized spacial score (nSPS) is 13.3. The van der Waals surface area contributed by atoms with Crippen LogP contribution in [0.1, 0.15) is 47.1 Å². The van der Waals surface area contributed by atoms with Crippen LogP contribution in [0.2, 0.25) is 6.04 Å². The predicted octanol–water partition coefficient (Wildman–Crippen LogP) is 4.60. The van der Waals surface area contributed by atoms with E-state index in [4.69, 9.17) is 22.8 Å². The second kappa shape index (κ2) is 11.4. The average Bonchev–Trinajstić information content (AvgIpc) is 2.54. The smallest absolute Gasteiger partial charge is 0.431 e. The Labute approximate surface area is 164 Å². The summed E-state index contributed by atoms with van der Waals surface area (Å²) >= 11 is 0. The first kappa shape index (κ1) is 23.6. The molecule has 0 aliphatic carbocycles. The maximum Gasteiger partial charge on any atom is 0.509 e. The van der Waals surface area contributed by atoms with E-state index in [9.17, 15) is 4.79 Å². The molecule has 0 aliphatic rings. The molecule has 0 amide bonds. The number of carbonyl (C=O) groups is 1. The van der Waals surface area contributed by atoms with Gasteiger partial charge in [-0.2, -0.15) is 0 Å². The van der Waals surface area contributed by atoms with Gasteiger partial charge in [0.1, 0.15) is 11.7 Å². The highest BCUT2D eigenvalue weighted by molar-refractivity contribution is 6.60. The first-order chi connectivity index (χ1) is 12.7. The van der Waals surface area contributed by atoms with Crippen molar-refractivity contribution < 1.29 is 27.5 Å². The van der Waals surface area contributed by atoms with Gasteiger partial charge in [-0.25, -0.2) is 4.79 Å². The van der Waals surface area contributed by atoms with Crippen molar-refractivity contribution in [2.24, 2.45) is 0 Å². The Hall–Kier alpha value is -1.41. The molecule has 1 aromatic carbocycles. The van der Waals surface area contributed by atoms with Gasteiger partial charge in [-0.15, -0.1) is 0 Å². The lowest BCUT2D eigenvalue weighted by Crippen LogP contribution is -2.49. The van der Waals surface area contributed by atoms with Crippen LogP contribution in [0.15, 0.2) is 30.3 Å². The molecular formula is C20H34O6Si. The van der Waals surface area contributed by atoms with E-state index in [-0.39, 0.29) is 0 Å². The average molecular weight is 399 g/mol. The molecule has 0 aromatic heterocycles. The van der Waals surface area contributed by atoms with Gasteiger partial charge in [-0.1, -0.05) is 30.3 Å². The van der Waals surface area contributed by atoms with Crippen LogP contribution in [0.4, 0.5) is 4.79 Å². The van der Waals surface area contributed by atoms with Gasteiger partial charge in [-0.05, 0) is 47.1 Å². The maximum absolute atomic E-state index is 12.3. The lowest BCUT2D eigenvalue weighted by atomic mass is 10.1. The summed E-state index contributed by atoms with van der Waals surface area (Å²) in [7, 11) is -2.97. The van der Waals surface area contributed by atoms with Crippen LogP contribution in [-0.4, -0.2) is 46.5 Å². The second-order valence-corrected chi connectivity index (χ2v) is 9.72. The Kier molecular flexibility index (Phi) is 10.0. The summed E-state index contributed by atoms with van der Waals surface area (Å²) in [5.74, 6) is 0. The number of hydrogen-bond donors (Lipinski definition) is 0. The predicted molar refractivity (Wildman–Crippen MR) is 107 cm³/mol. The zero-order valence-corrected chi connectivity index (χ0v) is 18.4. The zero-order valence-electron chi connectivity index (χ0n) is 17.4. The molecular weight excluding hydrogens is 364 g/mol. The lowest BCUT2D eigenvalue weighted by Gasteiger charge is -2.32. The van der Waals surface area contributed by atoms with Gasteiger partial charge >= 0.3 is 15.0 Å². The molecule has 154 valence electrons. The van der Waals surface area contributed by atoms with Gasteiger partial charge in [-0.3, -0.25) is 0 Å². The zero-order chi connectivity index (χ0) is 20.3. The Morgan fingerprint density at radius 3 is 1.93 bits per heavy atom. The van der Waals surface area contributed by atoms with Crippen molar-refractivity contribution in [1.29, 1.82) is 0 Å². The highest BCUT2D eigenvalue weighted by Crippen LogP contribution is 2.23. The van der Waals surface area contributed by atoms with E-state index < -0.39 is 26.7 Å². The quantitative estimate of drug-likeness (QED) is 0.401. The molecule has 0 spiro atoms. The SMILES string of the molecule is CCO[Si](CC(Cc1ccccc1)OC(=O)OC(C)(C)C)(OCC)OCC. The van der Waals surface area contributed by atoms with Crippen LogP contribution in [0.3, 0.4) is 0 Å². The summed E-state index contributed by atoms with van der Waals surface area (Å²) < 4.78 is 28.8. The monoisotopic (exact) mass is 398 g/mol. The molecule has 1 rings (SSSR count). The molecule has 1 unspecified atom stereocenters. The highest BCUT2D eigenvalue weighted by Gasteiger charge is 2.44. The van der Waals surface area contributed by atoms with E-state index >= 15 is 0 Å². The molecule has 0 radical (unpaired) electrons. The largest absolute Gasteiger partial charge is 0.509 e. The van der Waals surface area contributed by atoms with Crippen molar-refractivity contribution in [1.82, 2.24) is 0 Å². The maximum atomic E-state index is 12.3. The Bertz CT molecular complexity index is 526. The van der Waals surface area contributed by atoms with Crippen LogP contribution in [0.5, 0.6) is 0 Å². The minimum atomic E-state index is -2.97. The molecule has 6 nitrogen and oxygen atoms in total. The topological polar surface area (TPSA) is 63.2 Å². The molecule has 0 heterocycles. The summed E-state index contributed by atoms with van der Waals surface area (Å²) in [4.78, 5) is 12.3. The summed E-state index contributed by atoms with van der Waals surface area (Å²) in [6.45, 7) is 12.5. The van der Waals surface area contributed by atoms with Crippen LogP contribution < -0.4 is 0 Å². The summed E-state index contributed by atoms with van der Waals surface area (Å²) in [5, 5.41) is 0. The van der Waals surface area contributed by atoms with Crippen LogP contribution in [0, 0.1) is 0 Å². The van der Waals surface area contributed by atoms with Gasteiger partial charge in [0.15, 0.2) is 0 Å². The Morgan fingerprint density at radius 1 is 0.963 bits per heavy atom. The molecule has 0 saturated carbocycles. The van der Waals surface area contributed by atoms with E-state index in [0.29, 0.717) is 32.3 Å². The second-order valence-electron chi connectivity index (χ2n) is 7.08. The molecule has 27 heavy (non-hydrogen) atoms. The van der Waals surface area contributed by atoms with Crippen molar-refractivity contribution in [2.45, 2.75) is 65.7 Å². The number of hydrogen-bond acceptors (Lipinski definition) is 6.